The summed E-state index contributed by atoms with van der Waals surface area (Å²) >= 11 is 0. The fourth-order valence-electron chi connectivity index (χ4n) is 3.73. The Balaban J connectivity index is 1.24. The minimum Gasteiger partial charge on any atom is -0.489 e. The van der Waals surface area contributed by atoms with E-state index in [9.17, 15) is 0 Å². The molecule has 3 aromatic carbocycles. The average Bonchev–Trinajstić information content (AvgIpc) is 2.94. The molecule has 2 heterocycles. The topological polar surface area (TPSA) is 124 Å². The molecule has 0 amide bonds. The number of nitrogens with zero attached hydrogens (tertiary/aromatic N) is 4. The highest BCUT2D eigenvalue weighted by Gasteiger charge is 2.07. The smallest absolute Gasteiger partial charge is 0.199 e. The average molecular weight is 488 g/mol. The summed E-state index contributed by atoms with van der Waals surface area (Å²) in [6, 6.07) is 32.5. The zero-order valence-electron chi connectivity index (χ0n) is 20.0. The van der Waals surface area contributed by atoms with E-state index in [1.165, 1.54) is 0 Å². The minimum absolute atomic E-state index is 0.200. The van der Waals surface area contributed by atoms with Crippen LogP contribution in [0.3, 0.4) is 0 Å². The minimum atomic E-state index is 0.200. The monoisotopic (exact) mass is 487 g/mol. The lowest BCUT2D eigenvalue weighted by Gasteiger charge is -2.13. The third-order valence-corrected chi connectivity index (χ3v) is 5.60. The molecule has 0 spiro atoms. The first-order valence-electron chi connectivity index (χ1n) is 11.7. The van der Waals surface area contributed by atoms with Gasteiger partial charge in [-0.3, -0.25) is 4.98 Å². The van der Waals surface area contributed by atoms with Gasteiger partial charge in [-0.05, 0) is 54.6 Å². The second kappa shape index (κ2) is 11.0. The SMILES string of the molecule is NC(=Nc1ccc(-c2ccccc2)nn1)Nc1ccccc1COc1ccc(-c2ncccc2N)cc1. The van der Waals surface area contributed by atoms with Gasteiger partial charge in [-0.2, -0.15) is 4.99 Å². The summed E-state index contributed by atoms with van der Waals surface area (Å²) in [5.41, 5.74) is 18.0. The fraction of sp³-hybridized carbons (Fsp3) is 0.0345. The molecular formula is C29H25N7O. The Kier molecular flexibility index (Phi) is 6.99. The number of nitrogens with two attached hydrogens (primary N) is 2. The van der Waals surface area contributed by atoms with Crippen LogP contribution in [0.1, 0.15) is 5.56 Å². The Morgan fingerprint density at radius 2 is 1.57 bits per heavy atom. The Labute approximate surface area is 214 Å². The first-order valence-corrected chi connectivity index (χ1v) is 11.7. The summed E-state index contributed by atoms with van der Waals surface area (Å²) in [6.07, 6.45) is 1.72. The summed E-state index contributed by atoms with van der Waals surface area (Å²) in [5.74, 6) is 1.34. The van der Waals surface area contributed by atoms with Crippen LogP contribution < -0.4 is 21.5 Å². The van der Waals surface area contributed by atoms with Gasteiger partial charge in [0.15, 0.2) is 11.8 Å². The number of anilines is 2. The number of aliphatic imine (C=N–C) groups is 1. The Bertz CT molecular complexity index is 1500. The summed E-state index contributed by atoms with van der Waals surface area (Å²) in [4.78, 5) is 8.70. The third kappa shape index (κ3) is 5.88. The molecular weight excluding hydrogens is 462 g/mol. The van der Waals surface area contributed by atoms with Crippen LogP contribution in [-0.4, -0.2) is 21.1 Å². The normalized spacial score (nSPS) is 11.2. The molecule has 5 aromatic rings. The maximum atomic E-state index is 6.16. The van der Waals surface area contributed by atoms with E-state index in [1.807, 2.05) is 97.1 Å². The van der Waals surface area contributed by atoms with Gasteiger partial charge in [0.05, 0.1) is 17.1 Å². The predicted molar refractivity (Wildman–Crippen MR) is 147 cm³/mol. The molecule has 0 atom stereocenters. The number of nitrogens with one attached hydrogen (secondary N) is 1. The third-order valence-electron chi connectivity index (χ3n) is 5.60. The summed E-state index contributed by atoms with van der Waals surface area (Å²) < 4.78 is 6.01. The Hall–Kier alpha value is -5.24. The number of aromatic nitrogens is 3. The quantitative estimate of drug-likeness (QED) is 0.207. The molecule has 0 unspecified atom stereocenters. The number of hydrogen-bond acceptors (Lipinski definition) is 6. The van der Waals surface area contributed by atoms with Gasteiger partial charge < -0.3 is 21.5 Å². The molecule has 5 rings (SSSR count). The standard InChI is InChI=1S/C29H25N7O/c30-24-10-6-18-32-28(24)21-12-14-23(15-13-21)37-19-22-9-4-5-11-25(22)33-29(31)34-27-17-16-26(35-36-27)20-7-2-1-3-8-20/h1-18H,19,30H2,(H3,31,33,34,36). The summed E-state index contributed by atoms with van der Waals surface area (Å²) in [6.45, 7) is 0.340. The van der Waals surface area contributed by atoms with Crippen molar-refractivity contribution in [2.45, 2.75) is 6.61 Å². The van der Waals surface area contributed by atoms with E-state index in [0.29, 0.717) is 18.1 Å². The van der Waals surface area contributed by atoms with Crippen molar-refractivity contribution in [1.29, 1.82) is 0 Å². The second-order valence-corrected chi connectivity index (χ2v) is 8.18. The molecule has 8 nitrogen and oxygen atoms in total. The van der Waals surface area contributed by atoms with Crippen LogP contribution in [0, 0.1) is 0 Å². The largest absolute Gasteiger partial charge is 0.489 e. The van der Waals surface area contributed by atoms with E-state index in [4.69, 9.17) is 16.2 Å². The zero-order chi connectivity index (χ0) is 25.5. The number of guanidine groups is 1. The molecule has 0 saturated heterocycles. The van der Waals surface area contributed by atoms with Crippen LogP contribution in [-0.2, 0) is 6.61 Å². The molecule has 0 saturated carbocycles. The Morgan fingerprint density at radius 3 is 2.32 bits per heavy atom. The van der Waals surface area contributed by atoms with Gasteiger partial charge in [0, 0.05) is 28.6 Å². The van der Waals surface area contributed by atoms with Crippen LogP contribution in [0.2, 0.25) is 0 Å². The molecule has 0 aliphatic heterocycles. The summed E-state index contributed by atoms with van der Waals surface area (Å²) in [5, 5.41) is 11.6. The van der Waals surface area contributed by atoms with Crippen molar-refractivity contribution in [2.75, 3.05) is 11.1 Å². The van der Waals surface area contributed by atoms with Crippen LogP contribution in [0.15, 0.2) is 114 Å². The fourth-order valence-corrected chi connectivity index (χ4v) is 3.73. The second-order valence-electron chi connectivity index (χ2n) is 8.18. The first kappa shape index (κ1) is 23.5. The van der Waals surface area contributed by atoms with Crippen molar-refractivity contribution >= 4 is 23.2 Å². The highest BCUT2D eigenvalue weighted by molar-refractivity contribution is 5.94. The maximum absolute atomic E-state index is 6.16. The molecule has 0 aliphatic rings. The van der Waals surface area contributed by atoms with E-state index in [2.05, 4.69) is 25.5 Å². The van der Waals surface area contributed by atoms with Crippen molar-refractivity contribution in [3.05, 3.63) is 115 Å². The van der Waals surface area contributed by atoms with Crippen molar-refractivity contribution in [1.82, 2.24) is 15.2 Å². The van der Waals surface area contributed by atoms with Crippen LogP contribution in [0.25, 0.3) is 22.5 Å². The lowest BCUT2D eigenvalue weighted by atomic mass is 10.1. The predicted octanol–water partition coefficient (Wildman–Crippen LogP) is 5.43. The van der Waals surface area contributed by atoms with Gasteiger partial charge in [-0.25, -0.2) is 0 Å². The highest BCUT2D eigenvalue weighted by atomic mass is 16.5. The van der Waals surface area contributed by atoms with E-state index < -0.39 is 0 Å². The van der Waals surface area contributed by atoms with Crippen molar-refractivity contribution in [2.24, 2.45) is 10.7 Å². The van der Waals surface area contributed by atoms with E-state index in [0.717, 1.165) is 39.5 Å². The van der Waals surface area contributed by atoms with Gasteiger partial charge in [0.2, 0.25) is 0 Å². The van der Waals surface area contributed by atoms with Crippen molar-refractivity contribution in [3.8, 4) is 28.3 Å². The lowest BCUT2D eigenvalue weighted by Crippen LogP contribution is -2.23. The number of ether oxygens (including phenoxy) is 1. The molecule has 0 fully saturated rings. The number of para-hydroxylation sites is 1. The molecule has 0 bridgehead atoms. The number of hydrogen-bond donors (Lipinski definition) is 3. The molecule has 8 heteroatoms. The first-order chi connectivity index (χ1) is 18.2. The van der Waals surface area contributed by atoms with Gasteiger partial charge >= 0.3 is 0 Å². The zero-order valence-corrected chi connectivity index (χ0v) is 20.0. The van der Waals surface area contributed by atoms with Gasteiger partial charge in [0.25, 0.3) is 0 Å². The van der Waals surface area contributed by atoms with Gasteiger partial charge in [-0.1, -0.05) is 48.5 Å². The van der Waals surface area contributed by atoms with Gasteiger partial charge in [-0.15, -0.1) is 10.2 Å². The maximum Gasteiger partial charge on any atom is 0.199 e. The number of nitrogen functional groups attached to an aromatic ring is 1. The van der Waals surface area contributed by atoms with Crippen molar-refractivity contribution < 1.29 is 4.74 Å². The van der Waals surface area contributed by atoms with Crippen LogP contribution in [0.5, 0.6) is 5.75 Å². The molecule has 5 N–H and O–H groups in total. The van der Waals surface area contributed by atoms with Crippen LogP contribution in [0.4, 0.5) is 17.2 Å². The lowest BCUT2D eigenvalue weighted by molar-refractivity contribution is 0.307. The van der Waals surface area contributed by atoms with E-state index >= 15 is 0 Å². The van der Waals surface area contributed by atoms with E-state index in [-0.39, 0.29) is 5.96 Å². The van der Waals surface area contributed by atoms with E-state index in [1.54, 1.807) is 12.3 Å². The number of benzene rings is 3. The molecule has 37 heavy (non-hydrogen) atoms. The molecule has 2 aromatic heterocycles. The Morgan fingerprint density at radius 1 is 0.784 bits per heavy atom. The van der Waals surface area contributed by atoms with Crippen molar-refractivity contribution in [3.63, 3.8) is 0 Å². The van der Waals surface area contributed by atoms with Gasteiger partial charge in [0.1, 0.15) is 12.4 Å². The highest BCUT2D eigenvalue weighted by Crippen LogP contribution is 2.26. The summed E-state index contributed by atoms with van der Waals surface area (Å²) in [7, 11) is 0. The number of rotatable bonds is 7. The molecule has 182 valence electrons. The number of pyridine rings is 1. The molecule has 0 aliphatic carbocycles. The van der Waals surface area contributed by atoms with Crippen LogP contribution >= 0.6 is 0 Å². The molecule has 0 radical (unpaired) electrons.